The van der Waals surface area contributed by atoms with Crippen molar-refractivity contribution >= 4 is 40.6 Å². The lowest BCUT2D eigenvalue weighted by molar-refractivity contribution is -0.123. The Bertz CT molecular complexity index is 914. The molecule has 2 fully saturated rings. The summed E-state index contributed by atoms with van der Waals surface area (Å²) in [7, 11) is 0. The zero-order valence-electron chi connectivity index (χ0n) is 14.5. The smallest absolute Gasteiger partial charge is 0.293 e. The van der Waals surface area contributed by atoms with Crippen LogP contribution in [0.3, 0.4) is 0 Å². The highest BCUT2D eigenvalue weighted by atomic mass is 35.5. The van der Waals surface area contributed by atoms with Crippen molar-refractivity contribution in [3.05, 3.63) is 63.5 Å². The first-order valence-electron chi connectivity index (χ1n) is 8.88. The Kier molecular flexibility index (Phi) is 5.10. The molecule has 1 aromatic heterocycles. The van der Waals surface area contributed by atoms with Gasteiger partial charge >= 0.3 is 0 Å². The van der Waals surface area contributed by atoms with E-state index >= 15 is 0 Å². The molecule has 1 saturated heterocycles. The first-order valence-corrected chi connectivity index (χ1v) is 10.1. The van der Waals surface area contributed by atoms with E-state index in [1.165, 1.54) is 37.8 Å². The van der Waals surface area contributed by atoms with Gasteiger partial charge < -0.3 is 4.57 Å². The molecule has 4 nitrogen and oxygen atoms in total. The Morgan fingerprint density at radius 3 is 2.74 bits per heavy atom. The molecule has 7 heteroatoms. The second-order valence-corrected chi connectivity index (χ2v) is 8.20. The second kappa shape index (κ2) is 7.52. The number of imide groups is 1. The molecule has 27 heavy (non-hydrogen) atoms. The zero-order valence-corrected chi connectivity index (χ0v) is 16.1. The van der Waals surface area contributed by atoms with Gasteiger partial charge in [-0.25, -0.2) is 4.39 Å². The average Bonchev–Trinajstić information content (AvgIpc) is 3.36. The molecule has 0 bridgehead atoms. The number of benzene rings is 1. The summed E-state index contributed by atoms with van der Waals surface area (Å²) in [6.07, 6.45) is 10.6. The van der Waals surface area contributed by atoms with Crippen LogP contribution < -0.4 is 0 Å². The van der Waals surface area contributed by atoms with Crippen LogP contribution >= 0.6 is 23.4 Å². The van der Waals surface area contributed by atoms with Gasteiger partial charge in [0.05, 0.1) is 11.4 Å². The molecule has 2 aliphatic rings. The number of rotatable bonds is 4. The number of thioether (sulfide) groups is 1. The topological polar surface area (TPSA) is 42.3 Å². The van der Waals surface area contributed by atoms with Gasteiger partial charge in [0, 0.05) is 29.0 Å². The first kappa shape index (κ1) is 18.3. The van der Waals surface area contributed by atoms with Gasteiger partial charge in [-0.1, -0.05) is 30.5 Å². The largest absolute Gasteiger partial charge is 0.351 e. The van der Waals surface area contributed by atoms with Crippen molar-refractivity contribution < 1.29 is 14.0 Å². The van der Waals surface area contributed by atoms with Crippen LogP contribution in [0.25, 0.3) is 6.08 Å². The van der Waals surface area contributed by atoms with Crippen molar-refractivity contribution in [1.29, 1.82) is 0 Å². The summed E-state index contributed by atoms with van der Waals surface area (Å²) in [5, 5.41) is -0.215. The normalized spacial score (nSPS) is 19.6. The Hall–Kier alpha value is -2.05. The minimum atomic E-state index is -0.529. The SMILES string of the molecule is O=C1S/C(=C/c2ccn(C3CCCC3)c2)C(=O)N1Cc1c(F)cccc1Cl. The molecule has 1 aromatic carbocycles. The lowest BCUT2D eigenvalue weighted by Gasteiger charge is -2.14. The van der Waals surface area contributed by atoms with Crippen LogP contribution in [0.15, 0.2) is 41.6 Å². The summed E-state index contributed by atoms with van der Waals surface area (Å²) >= 11 is 6.89. The van der Waals surface area contributed by atoms with E-state index in [0.29, 0.717) is 10.9 Å². The standard InChI is InChI=1S/C20H18ClFN2O2S/c21-16-6-3-7-17(22)15(16)12-24-19(25)18(27-20(24)26)10-13-8-9-23(11-13)14-4-1-2-5-14/h3,6-11,14H,1-2,4-5,12H2/b18-10+. The van der Waals surface area contributed by atoms with E-state index in [2.05, 4.69) is 4.57 Å². The minimum Gasteiger partial charge on any atom is -0.351 e. The number of aromatic nitrogens is 1. The Morgan fingerprint density at radius 1 is 1.22 bits per heavy atom. The van der Waals surface area contributed by atoms with Gasteiger partial charge in [-0.2, -0.15) is 0 Å². The van der Waals surface area contributed by atoms with E-state index in [-0.39, 0.29) is 17.1 Å². The van der Waals surface area contributed by atoms with Crippen molar-refractivity contribution in [3.8, 4) is 0 Å². The maximum Gasteiger partial charge on any atom is 0.293 e. The number of halogens is 2. The summed E-state index contributed by atoms with van der Waals surface area (Å²) in [5.41, 5.74) is 1.03. The number of hydrogen-bond acceptors (Lipinski definition) is 3. The summed E-state index contributed by atoms with van der Waals surface area (Å²) in [5.74, 6) is -0.947. The van der Waals surface area contributed by atoms with Gasteiger partial charge in [-0.15, -0.1) is 0 Å². The highest BCUT2D eigenvalue weighted by Crippen LogP contribution is 2.35. The van der Waals surface area contributed by atoms with Gasteiger partial charge in [0.15, 0.2) is 0 Å². The minimum absolute atomic E-state index is 0.148. The van der Waals surface area contributed by atoms with Crippen molar-refractivity contribution in [1.82, 2.24) is 9.47 Å². The van der Waals surface area contributed by atoms with Gasteiger partial charge in [0.25, 0.3) is 11.1 Å². The third-order valence-electron chi connectivity index (χ3n) is 5.03. The van der Waals surface area contributed by atoms with E-state index in [1.807, 2.05) is 18.5 Å². The van der Waals surface area contributed by atoms with Crippen LogP contribution in [-0.2, 0) is 11.3 Å². The van der Waals surface area contributed by atoms with Gasteiger partial charge in [0.2, 0.25) is 0 Å². The molecule has 0 radical (unpaired) electrons. The molecule has 1 aliphatic heterocycles. The lowest BCUT2D eigenvalue weighted by Crippen LogP contribution is -2.28. The van der Waals surface area contributed by atoms with Gasteiger partial charge in [-0.05, 0) is 54.4 Å². The maximum atomic E-state index is 14.0. The predicted molar refractivity (Wildman–Crippen MR) is 105 cm³/mol. The fourth-order valence-electron chi connectivity index (χ4n) is 3.57. The van der Waals surface area contributed by atoms with Crippen molar-refractivity contribution in [2.45, 2.75) is 38.3 Å². The third kappa shape index (κ3) is 3.69. The predicted octanol–water partition coefficient (Wildman–Crippen LogP) is 5.63. The van der Waals surface area contributed by atoms with Gasteiger partial charge in [0.1, 0.15) is 5.82 Å². The number of amides is 2. The van der Waals surface area contributed by atoms with Crippen LogP contribution in [0.1, 0.15) is 42.9 Å². The Balaban J connectivity index is 1.53. The van der Waals surface area contributed by atoms with E-state index in [9.17, 15) is 14.0 Å². The maximum absolute atomic E-state index is 14.0. The van der Waals surface area contributed by atoms with Crippen LogP contribution in [0, 0.1) is 5.82 Å². The molecule has 1 aliphatic carbocycles. The molecule has 0 atom stereocenters. The number of carbonyl (C=O) groups excluding carboxylic acids is 2. The third-order valence-corrected chi connectivity index (χ3v) is 6.29. The van der Waals surface area contributed by atoms with E-state index < -0.39 is 17.0 Å². The van der Waals surface area contributed by atoms with Crippen LogP contribution in [0.4, 0.5) is 9.18 Å². The van der Waals surface area contributed by atoms with Crippen molar-refractivity contribution in [2.24, 2.45) is 0 Å². The first-order chi connectivity index (χ1) is 13.0. The Morgan fingerprint density at radius 2 is 2.00 bits per heavy atom. The summed E-state index contributed by atoms with van der Waals surface area (Å²) in [6.45, 7) is -0.170. The highest BCUT2D eigenvalue weighted by molar-refractivity contribution is 8.18. The molecule has 140 valence electrons. The molecule has 0 spiro atoms. The molecule has 2 heterocycles. The van der Waals surface area contributed by atoms with Crippen molar-refractivity contribution in [3.63, 3.8) is 0 Å². The molecule has 0 unspecified atom stereocenters. The lowest BCUT2D eigenvalue weighted by atomic mass is 10.2. The molecule has 2 amide bonds. The number of hydrogen-bond donors (Lipinski definition) is 0. The monoisotopic (exact) mass is 404 g/mol. The average molecular weight is 405 g/mol. The van der Waals surface area contributed by atoms with E-state index in [1.54, 1.807) is 12.1 Å². The molecule has 2 aromatic rings. The summed E-state index contributed by atoms with van der Waals surface area (Å²) < 4.78 is 16.2. The fourth-order valence-corrected chi connectivity index (χ4v) is 4.64. The highest BCUT2D eigenvalue weighted by Gasteiger charge is 2.36. The van der Waals surface area contributed by atoms with Crippen molar-refractivity contribution in [2.75, 3.05) is 0 Å². The molecule has 0 N–H and O–H groups in total. The number of nitrogens with zero attached hydrogens (tertiary/aromatic N) is 2. The second-order valence-electron chi connectivity index (χ2n) is 6.80. The Labute approximate surface area is 166 Å². The van der Waals surface area contributed by atoms with Crippen LogP contribution in [0.5, 0.6) is 0 Å². The molecule has 4 rings (SSSR count). The van der Waals surface area contributed by atoms with E-state index in [0.717, 1.165) is 22.2 Å². The number of carbonyl (C=O) groups is 2. The zero-order chi connectivity index (χ0) is 19.0. The van der Waals surface area contributed by atoms with E-state index in [4.69, 9.17) is 11.6 Å². The molecular formula is C20H18ClFN2O2S. The molecule has 1 saturated carbocycles. The quantitative estimate of drug-likeness (QED) is 0.620. The summed E-state index contributed by atoms with van der Waals surface area (Å²) in [4.78, 5) is 26.3. The van der Waals surface area contributed by atoms with Gasteiger partial charge in [-0.3, -0.25) is 14.5 Å². The molecular weight excluding hydrogens is 387 g/mol. The van der Waals surface area contributed by atoms with Crippen LogP contribution in [0.2, 0.25) is 5.02 Å². The summed E-state index contributed by atoms with van der Waals surface area (Å²) in [6, 6.07) is 6.76. The van der Waals surface area contributed by atoms with Crippen LogP contribution in [-0.4, -0.2) is 20.6 Å². The fraction of sp³-hybridized carbons (Fsp3) is 0.300.